The highest BCUT2D eigenvalue weighted by atomic mass is 17.2. The normalized spacial score (nSPS) is 11.1. The molecule has 10 nitrogen and oxygen atoms in total. The lowest BCUT2D eigenvalue weighted by atomic mass is 9.96. The van der Waals surface area contributed by atoms with Crippen LogP contribution in [0.1, 0.15) is 67.9 Å². The fraction of sp³-hybridized carbons (Fsp3) is 0.191. The van der Waals surface area contributed by atoms with E-state index in [0.29, 0.717) is 36.9 Å². The monoisotopic (exact) mass is 768 g/mol. The number of ether oxygens (including phenoxy) is 3. The maximum absolute atomic E-state index is 13.0. The number of carboxylic acids is 1. The van der Waals surface area contributed by atoms with Crippen LogP contribution < -0.4 is 19.1 Å². The van der Waals surface area contributed by atoms with Crippen molar-refractivity contribution >= 4 is 11.9 Å². The third-order valence-corrected chi connectivity index (χ3v) is 9.01. The number of hydrogen-bond donors (Lipinski definition) is 2. The lowest BCUT2D eigenvalue weighted by molar-refractivity contribution is -0.253. The van der Waals surface area contributed by atoms with Crippen LogP contribution >= 0.6 is 0 Å². The predicted octanol–water partition coefficient (Wildman–Crippen LogP) is 9.77. The molecule has 0 spiro atoms. The Morgan fingerprint density at radius 2 is 1.07 bits per heavy atom. The fourth-order valence-corrected chi connectivity index (χ4v) is 5.97. The molecule has 0 unspecified atom stereocenters. The van der Waals surface area contributed by atoms with Crippen molar-refractivity contribution in [3.63, 3.8) is 0 Å². The van der Waals surface area contributed by atoms with Gasteiger partial charge in [-0.3, -0.25) is 5.26 Å². The van der Waals surface area contributed by atoms with Crippen LogP contribution in [0.4, 0.5) is 0 Å². The minimum Gasteiger partial charge on any atom is -0.493 e. The lowest BCUT2D eigenvalue weighted by Crippen LogP contribution is -2.28. The fourth-order valence-electron chi connectivity index (χ4n) is 5.97. The molecule has 0 aromatic heterocycles. The summed E-state index contributed by atoms with van der Waals surface area (Å²) in [5, 5.41) is 18.9. The van der Waals surface area contributed by atoms with E-state index in [1.165, 1.54) is 17.7 Å². The van der Waals surface area contributed by atoms with Gasteiger partial charge in [-0.1, -0.05) is 98.8 Å². The molecule has 0 bridgehead atoms. The number of carbonyl (C=O) groups excluding carboxylic acids is 1. The molecule has 292 valence electrons. The van der Waals surface area contributed by atoms with Crippen LogP contribution in [-0.4, -0.2) is 35.5 Å². The van der Waals surface area contributed by atoms with Crippen molar-refractivity contribution in [3.05, 3.63) is 190 Å². The van der Waals surface area contributed by atoms with E-state index in [2.05, 4.69) is 17.0 Å². The Morgan fingerprint density at radius 1 is 0.544 bits per heavy atom. The van der Waals surface area contributed by atoms with Gasteiger partial charge in [-0.25, -0.2) is 14.5 Å². The van der Waals surface area contributed by atoms with E-state index in [0.717, 1.165) is 34.2 Å². The van der Waals surface area contributed by atoms with Crippen molar-refractivity contribution < 1.29 is 48.8 Å². The molecule has 0 aliphatic rings. The molecular weight excluding hydrogens is 725 g/mol. The quantitative estimate of drug-likeness (QED) is 0.0356. The molecule has 0 atom stereocenters. The standard InChI is InChI=1S/C47H44O10/c1-47(2,31-52-39-16-20-41(21-17-39)56-46(50)43-24-14-36(28-44(43)45(48)49)26-34-11-7-4-8-12-34)32-53-40-18-22-42(23-19-40)57-55-30-37-15-13-35(27-38(37)29-54-51)25-33-9-5-3-6-10-33/h3-24,27-28,51H,25-26,29-32H2,1-2H3,(H,48,49). The van der Waals surface area contributed by atoms with Crippen molar-refractivity contribution in [2.24, 2.45) is 5.41 Å². The van der Waals surface area contributed by atoms with E-state index in [-0.39, 0.29) is 35.5 Å². The highest BCUT2D eigenvalue weighted by Crippen LogP contribution is 2.26. The van der Waals surface area contributed by atoms with Crippen LogP contribution in [0.5, 0.6) is 23.0 Å². The van der Waals surface area contributed by atoms with Crippen molar-refractivity contribution in [3.8, 4) is 23.0 Å². The molecule has 2 N–H and O–H groups in total. The van der Waals surface area contributed by atoms with Gasteiger partial charge in [0.2, 0.25) is 0 Å². The van der Waals surface area contributed by atoms with Crippen LogP contribution in [0.25, 0.3) is 0 Å². The van der Waals surface area contributed by atoms with Crippen LogP contribution in [0, 0.1) is 5.41 Å². The van der Waals surface area contributed by atoms with Crippen molar-refractivity contribution in [1.82, 2.24) is 0 Å². The topological polar surface area (TPSA) is 130 Å². The molecule has 6 rings (SSSR count). The van der Waals surface area contributed by atoms with Gasteiger partial charge in [0.15, 0.2) is 5.75 Å². The van der Waals surface area contributed by atoms with Crippen LogP contribution in [0.2, 0.25) is 0 Å². The van der Waals surface area contributed by atoms with Gasteiger partial charge in [0, 0.05) is 5.41 Å². The zero-order valence-electron chi connectivity index (χ0n) is 31.8. The summed E-state index contributed by atoms with van der Waals surface area (Å²) in [6, 6.07) is 44.1. The molecule has 0 heterocycles. The summed E-state index contributed by atoms with van der Waals surface area (Å²) in [5.41, 5.74) is 5.21. The number of carbonyl (C=O) groups is 2. The average Bonchev–Trinajstić information content (AvgIpc) is 3.22. The van der Waals surface area contributed by atoms with E-state index < -0.39 is 11.9 Å². The molecule has 6 aromatic carbocycles. The van der Waals surface area contributed by atoms with Gasteiger partial charge in [0.1, 0.15) is 30.5 Å². The Morgan fingerprint density at radius 3 is 1.63 bits per heavy atom. The summed E-state index contributed by atoms with van der Waals surface area (Å²) in [6.07, 6.45) is 1.30. The number of hydrogen-bond acceptors (Lipinski definition) is 9. The van der Waals surface area contributed by atoms with Gasteiger partial charge >= 0.3 is 11.9 Å². The number of aromatic carboxylic acids is 1. The molecule has 57 heavy (non-hydrogen) atoms. The molecule has 0 saturated carbocycles. The van der Waals surface area contributed by atoms with E-state index in [1.54, 1.807) is 54.6 Å². The van der Waals surface area contributed by atoms with E-state index in [4.69, 9.17) is 29.2 Å². The van der Waals surface area contributed by atoms with Crippen LogP contribution in [-0.2, 0) is 35.8 Å². The summed E-state index contributed by atoms with van der Waals surface area (Å²) in [4.78, 5) is 40.5. The smallest absolute Gasteiger partial charge is 0.344 e. The highest BCUT2D eigenvalue weighted by molar-refractivity contribution is 6.03. The zero-order chi connectivity index (χ0) is 40.0. The third-order valence-electron chi connectivity index (χ3n) is 9.01. The summed E-state index contributed by atoms with van der Waals surface area (Å²) in [5.74, 6) is 0.00367. The van der Waals surface area contributed by atoms with Crippen LogP contribution in [0.3, 0.4) is 0 Å². The maximum atomic E-state index is 13.0. The Labute approximate surface area is 331 Å². The van der Waals surface area contributed by atoms with Gasteiger partial charge in [0.25, 0.3) is 0 Å². The number of carboxylic acid groups (broad SMARTS) is 1. The largest absolute Gasteiger partial charge is 0.493 e. The Kier molecular flexibility index (Phi) is 13.7. The first-order valence-corrected chi connectivity index (χ1v) is 18.4. The van der Waals surface area contributed by atoms with Gasteiger partial charge in [-0.05, 0) is 107 Å². The summed E-state index contributed by atoms with van der Waals surface area (Å²) in [7, 11) is 0. The molecule has 0 radical (unpaired) electrons. The first-order valence-electron chi connectivity index (χ1n) is 18.4. The Hall–Kier alpha value is -6.46. The zero-order valence-corrected chi connectivity index (χ0v) is 31.8. The predicted molar refractivity (Wildman–Crippen MR) is 214 cm³/mol. The molecule has 6 aromatic rings. The first kappa shape index (κ1) is 40.2. The number of rotatable bonds is 19. The van der Waals surface area contributed by atoms with Gasteiger partial charge in [-0.15, -0.1) is 0 Å². The average molecular weight is 769 g/mol. The maximum Gasteiger partial charge on any atom is 0.344 e. The van der Waals surface area contributed by atoms with E-state index in [1.807, 2.05) is 80.6 Å². The molecule has 0 amide bonds. The second kappa shape index (κ2) is 19.4. The SMILES string of the molecule is CC(C)(COc1ccc(OOCc2ccc(Cc3ccccc3)cc2COO)cc1)COc1ccc(OC(=O)c2ccc(Cc3ccccc3)cc2C(=O)O)cc1. The number of esters is 1. The van der Waals surface area contributed by atoms with E-state index in [9.17, 15) is 14.7 Å². The summed E-state index contributed by atoms with van der Waals surface area (Å²) in [6.45, 7) is 4.93. The van der Waals surface area contributed by atoms with Crippen molar-refractivity contribution in [2.45, 2.75) is 39.9 Å². The molecule has 0 fully saturated rings. The van der Waals surface area contributed by atoms with Crippen LogP contribution in [0.15, 0.2) is 146 Å². The van der Waals surface area contributed by atoms with Crippen molar-refractivity contribution in [1.29, 1.82) is 0 Å². The molecular formula is C47H44O10. The highest BCUT2D eigenvalue weighted by Gasteiger charge is 2.22. The minimum absolute atomic E-state index is 0.0299. The Balaban J connectivity index is 0.937. The second-order valence-corrected chi connectivity index (χ2v) is 14.3. The molecule has 10 heteroatoms. The third kappa shape index (κ3) is 12.0. The van der Waals surface area contributed by atoms with Gasteiger partial charge in [0.05, 0.1) is 24.3 Å². The minimum atomic E-state index is -1.21. The second-order valence-electron chi connectivity index (χ2n) is 14.3. The Bertz CT molecular complexity index is 2220. The van der Waals surface area contributed by atoms with Gasteiger partial charge in [-0.2, -0.15) is 4.89 Å². The lowest BCUT2D eigenvalue weighted by Gasteiger charge is -2.25. The molecule has 0 aliphatic heterocycles. The van der Waals surface area contributed by atoms with Crippen molar-refractivity contribution in [2.75, 3.05) is 13.2 Å². The summed E-state index contributed by atoms with van der Waals surface area (Å²) >= 11 is 0. The molecule has 0 saturated heterocycles. The van der Waals surface area contributed by atoms with E-state index >= 15 is 0 Å². The molecule has 0 aliphatic carbocycles. The summed E-state index contributed by atoms with van der Waals surface area (Å²) < 4.78 is 17.6. The number of benzene rings is 6. The van der Waals surface area contributed by atoms with Gasteiger partial charge < -0.3 is 24.2 Å². The first-order chi connectivity index (χ1) is 27.6.